The lowest BCUT2D eigenvalue weighted by atomic mass is 9.64. The van der Waals surface area contributed by atoms with E-state index in [9.17, 15) is 9.59 Å². The highest BCUT2D eigenvalue weighted by Gasteiger charge is 2.44. The van der Waals surface area contributed by atoms with Crippen molar-refractivity contribution in [2.24, 2.45) is 16.7 Å². The second-order valence-electron chi connectivity index (χ2n) is 6.93. The van der Waals surface area contributed by atoms with Gasteiger partial charge < -0.3 is 10.4 Å². The van der Waals surface area contributed by atoms with E-state index in [0.29, 0.717) is 18.9 Å². The molecule has 0 aliphatic heterocycles. The third kappa shape index (κ3) is 3.95. The SMILES string of the molecule is CC(C)CC1(C(=O)NCCC(C)(C)C(=O)O)CCC1. The summed E-state index contributed by atoms with van der Waals surface area (Å²) in [5.41, 5.74) is -0.959. The number of amides is 1. The molecule has 1 fully saturated rings. The maximum absolute atomic E-state index is 12.3. The highest BCUT2D eigenvalue weighted by Crippen LogP contribution is 2.46. The zero-order valence-corrected chi connectivity index (χ0v) is 12.6. The van der Waals surface area contributed by atoms with Gasteiger partial charge in [0.15, 0.2) is 0 Å². The molecule has 0 saturated heterocycles. The molecule has 0 heterocycles. The number of hydrogen-bond donors (Lipinski definition) is 2. The molecule has 4 nitrogen and oxygen atoms in total. The standard InChI is InChI=1S/C15H27NO3/c1-11(2)10-15(6-5-7-15)12(17)16-9-8-14(3,4)13(18)19/h11H,5-10H2,1-4H3,(H,16,17)(H,18,19). The number of carboxylic acid groups (broad SMARTS) is 1. The number of aliphatic carboxylic acids is 1. The van der Waals surface area contributed by atoms with Gasteiger partial charge >= 0.3 is 5.97 Å². The number of carboxylic acids is 1. The molecule has 1 rings (SSSR count). The maximum Gasteiger partial charge on any atom is 0.309 e. The molecule has 1 amide bonds. The van der Waals surface area contributed by atoms with E-state index >= 15 is 0 Å². The molecule has 0 aromatic carbocycles. The fourth-order valence-corrected chi connectivity index (χ4v) is 2.69. The van der Waals surface area contributed by atoms with Crippen molar-refractivity contribution in [3.05, 3.63) is 0 Å². The normalized spacial score (nSPS) is 17.9. The smallest absolute Gasteiger partial charge is 0.309 e. The largest absolute Gasteiger partial charge is 0.481 e. The molecule has 0 radical (unpaired) electrons. The predicted molar refractivity (Wildman–Crippen MR) is 74.8 cm³/mol. The minimum absolute atomic E-state index is 0.119. The Hall–Kier alpha value is -1.06. The Labute approximate surface area is 116 Å². The monoisotopic (exact) mass is 269 g/mol. The van der Waals surface area contributed by atoms with Gasteiger partial charge in [0.25, 0.3) is 0 Å². The van der Waals surface area contributed by atoms with Crippen LogP contribution in [-0.2, 0) is 9.59 Å². The van der Waals surface area contributed by atoms with Crippen LogP contribution in [0.3, 0.4) is 0 Å². The van der Waals surface area contributed by atoms with Crippen molar-refractivity contribution in [3.8, 4) is 0 Å². The lowest BCUT2D eigenvalue weighted by molar-refractivity contribution is -0.147. The average molecular weight is 269 g/mol. The lowest BCUT2D eigenvalue weighted by Crippen LogP contribution is -2.47. The zero-order chi connectivity index (χ0) is 14.7. The third-order valence-corrected chi connectivity index (χ3v) is 4.21. The molecule has 1 aliphatic carbocycles. The van der Waals surface area contributed by atoms with Crippen LogP contribution in [0.2, 0.25) is 0 Å². The van der Waals surface area contributed by atoms with Crippen molar-refractivity contribution in [2.45, 2.75) is 59.8 Å². The first-order chi connectivity index (χ1) is 8.69. The number of nitrogens with one attached hydrogen (secondary N) is 1. The van der Waals surface area contributed by atoms with Gasteiger partial charge in [-0.3, -0.25) is 9.59 Å². The van der Waals surface area contributed by atoms with E-state index in [4.69, 9.17) is 5.11 Å². The summed E-state index contributed by atoms with van der Waals surface area (Å²) >= 11 is 0. The summed E-state index contributed by atoms with van der Waals surface area (Å²) in [6.45, 7) is 8.10. The maximum atomic E-state index is 12.3. The van der Waals surface area contributed by atoms with E-state index < -0.39 is 11.4 Å². The molecule has 0 atom stereocenters. The second-order valence-corrected chi connectivity index (χ2v) is 6.93. The zero-order valence-electron chi connectivity index (χ0n) is 12.6. The summed E-state index contributed by atoms with van der Waals surface area (Å²) in [6, 6.07) is 0. The van der Waals surface area contributed by atoms with Crippen molar-refractivity contribution in [2.75, 3.05) is 6.54 Å². The van der Waals surface area contributed by atoms with Gasteiger partial charge in [-0.15, -0.1) is 0 Å². The van der Waals surface area contributed by atoms with Crippen LogP contribution in [0.5, 0.6) is 0 Å². The van der Waals surface area contributed by atoms with Gasteiger partial charge in [0.1, 0.15) is 0 Å². The average Bonchev–Trinajstić information content (AvgIpc) is 2.22. The van der Waals surface area contributed by atoms with Gasteiger partial charge in [-0.1, -0.05) is 20.3 Å². The summed E-state index contributed by atoms with van der Waals surface area (Å²) in [5, 5.41) is 12.0. The van der Waals surface area contributed by atoms with Crippen LogP contribution in [0.4, 0.5) is 0 Å². The van der Waals surface area contributed by atoms with Crippen LogP contribution in [0, 0.1) is 16.7 Å². The third-order valence-electron chi connectivity index (χ3n) is 4.21. The summed E-state index contributed by atoms with van der Waals surface area (Å²) in [4.78, 5) is 23.3. The molecular weight excluding hydrogens is 242 g/mol. The quantitative estimate of drug-likeness (QED) is 0.747. The van der Waals surface area contributed by atoms with Crippen LogP contribution in [0.15, 0.2) is 0 Å². The topological polar surface area (TPSA) is 66.4 Å². The molecule has 2 N–H and O–H groups in total. The van der Waals surface area contributed by atoms with Crippen LogP contribution in [-0.4, -0.2) is 23.5 Å². The Bertz CT molecular complexity index is 343. The van der Waals surface area contributed by atoms with Crippen molar-refractivity contribution >= 4 is 11.9 Å². The van der Waals surface area contributed by atoms with Gasteiger partial charge in [-0.25, -0.2) is 0 Å². The van der Waals surface area contributed by atoms with Gasteiger partial charge in [0, 0.05) is 12.0 Å². The Kier molecular flexibility index (Phi) is 4.99. The summed E-state index contributed by atoms with van der Waals surface area (Å²) in [6.07, 6.45) is 4.46. The first kappa shape index (κ1) is 16.0. The molecule has 0 aromatic heterocycles. The van der Waals surface area contributed by atoms with Gasteiger partial charge in [0.05, 0.1) is 5.41 Å². The summed E-state index contributed by atoms with van der Waals surface area (Å²) < 4.78 is 0. The predicted octanol–water partition coefficient (Wildman–Crippen LogP) is 2.82. The highest BCUT2D eigenvalue weighted by atomic mass is 16.4. The van der Waals surface area contributed by atoms with E-state index in [1.807, 2.05) is 0 Å². The van der Waals surface area contributed by atoms with Crippen molar-refractivity contribution < 1.29 is 14.7 Å². The molecule has 110 valence electrons. The fraction of sp³-hybridized carbons (Fsp3) is 0.867. The van der Waals surface area contributed by atoms with Crippen LogP contribution in [0.25, 0.3) is 0 Å². The van der Waals surface area contributed by atoms with Crippen LogP contribution >= 0.6 is 0 Å². The summed E-state index contributed by atoms with van der Waals surface area (Å²) in [7, 11) is 0. The Morgan fingerprint density at radius 2 is 1.89 bits per heavy atom. The Morgan fingerprint density at radius 3 is 2.26 bits per heavy atom. The van der Waals surface area contributed by atoms with E-state index in [0.717, 1.165) is 25.7 Å². The molecule has 0 bridgehead atoms. The van der Waals surface area contributed by atoms with Crippen molar-refractivity contribution in [1.29, 1.82) is 0 Å². The van der Waals surface area contributed by atoms with Gasteiger partial charge in [0.2, 0.25) is 5.91 Å². The van der Waals surface area contributed by atoms with E-state index in [-0.39, 0.29) is 11.3 Å². The molecule has 1 saturated carbocycles. The molecule has 0 unspecified atom stereocenters. The molecular formula is C15H27NO3. The molecule has 19 heavy (non-hydrogen) atoms. The number of carbonyl (C=O) groups is 2. The number of hydrogen-bond acceptors (Lipinski definition) is 2. The molecule has 4 heteroatoms. The van der Waals surface area contributed by atoms with Gasteiger partial charge in [-0.05, 0) is 45.4 Å². The lowest BCUT2D eigenvalue weighted by Gasteiger charge is -2.41. The Balaban J connectivity index is 2.44. The number of carbonyl (C=O) groups excluding carboxylic acids is 1. The summed E-state index contributed by atoms with van der Waals surface area (Å²) in [5.74, 6) is -0.183. The van der Waals surface area contributed by atoms with Gasteiger partial charge in [-0.2, -0.15) is 0 Å². The number of rotatable bonds is 7. The van der Waals surface area contributed by atoms with Crippen LogP contribution < -0.4 is 5.32 Å². The first-order valence-electron chi connectivity index (χ1n) is 7.21. The molecule has 1 aliphatic rings. The highest BCUT2D eigenvalue weighted by molar-refractivity contribution is 5.83. The molecule has 0 aromatic rings. The molecule has 0 spiro atoms. The van der Waals surface area contributed by atoms with Crippen LogP contribution in [0.1, 0.15) is 59.8 Å². The first-order valence-corrected chi connectivity index (χ1v) is 7.21. The minimum atomic E-state index is -0.817. The van der Waals surface area contributed by atoms with E-state index in [2.05, 4.69) is 19.2 Å². The second kappa shape index (κ2) is 5.93. The minimum Gasteiger partial charge on any atom is -0.481 e. The van der Waals surface area contributed by atoms with E-state index in [1.165, 1.54) is 0 Å². The Morgan fingerprint density at radius 1 is 1.32 bits per heavy atom. The fourth-order valence-electron chi connectivity index (χ4n) is 2.69. The van der Waals surface area contributed by atoms with Crippen molar-refractivity contribution in [1.82, 2.24) is 5.32 Å². The van der Waals surface area contributed by atoms with Crippen molar-refractivity contribution in [3.63, 3.8) is 0 Å². The van der Waals surface area contributed by atoms with E-state index in [1.54, 1.807) is 13.8 Å².